The highest BCUT2D eigenvalue weighted by Gasteiger charge is 2.34. The number of carboxylic acids is 1. The molecule has 3 aromatic carbocycles. The zero-order chi connectivity index (χ0) is 22.9. The molecule has 168 valence electrons. The maximum absolute atomic E-state index is 13.7. The molecule has 3 aromatic rings. The second-order valence-electron chi connectivity index (χ2n) is 8.68. The molecule has 1 aliphatic carbocycles. The van der Waals surface area contributed by atoms with E-state index in [1.165, 1.54) is 25.0 Å². The number of benzene rings is 3. The highest BCUT2D eigenvalue weighted by atomic mass is 19.1. The van der Waals surface area contributed by atoms with Crippen molar-refractivity contribution in [1.82, 2.24) is 4.90 Å². The van der Waals surface area contributed by atoms with Crippen molar-refractivity contribution in [3.8, 4) is 16.9 Å². The van der Waals surface area contributed by atoms with Crippen LogP contribution in [-0.2, 0) is 13.2 Å². The average molecular weight is 445 g/mol. The van der Waals surface area contributed by atoms with E-state index in [9.17, 15) is 19.1 Å². The number of carboxylic acid groups (broad SMARTS) is 1. The van der Waals surface area contributed by atoms with E-state index >= 15 is 0 Å². The van der Waals surface area contributed by atoms with Crippen LogP contribution in [0.5, 0.6) is 5.75 Å². The van der Waals surface area contributed by atoms with Crippen LogP contribution in [0.15, 0.2) is 60.7 Å². The lowest BCUT2D eigenvalue weighted by Gasteiger charge is -2.23. The van der Waals surface area contributed by atoms with Crippen molar-refractivity contribution < 1.29 is 23.8 Å². The monoisotopic (exact) mass is 445 g/mol. The lowest BCUT2D eigenvalue weighted by molar-refractivity contribution is 0.0687. The molecule has 2 aliphatic rings. The Morgan fingerprint density at radius 1 is 1.03 bits per heavy atom. The molecule has 33 heavy (non-hydrogen) atoms. The Bertz CT molecular complexity index is 1230. The standard InChI is InChI=1S/C27H24FNO4/c28-25-11-8-19(14-24(25)27(31)32)18-5-3-4-17(12-18)16-33-22-9-10-23-20(13-22)15-29(26(23)30)21-6-1-2-7-21/h3-5,8-14,21H,1-2,6-7,15-16H2,(H,31,32). The number of carbonyl (C=O) groups excluding carboxylic acids is 1. The highest BCUT2D eigenvalue weighted by molar-refractivity contribution is 5.98. The third-order valence-electron chi connectivity index (χ3n) is 6.54. The number of hydrogen-bond acceptors (Lipinski definition) is 3. The van der Waals surface area contributed by atoms with Crippen molar-refractivity contribution in [3.05, 3.63) is 88.7 Å². The zero-order valence-corrected chi connectivity index (χ0v) is 18.1. The number of nitrogens with zero attached hydrogens (tertiary/aromatic N) is 1. The first-order chi connectivity index (χ1) is 16.0. The van der Waals surface area contributed by atoms with E-state index in [0.717, 1.165) is 35.1 Å². The van der Waals surface area contributed by atoms with E-state index < -0.39 is 11.8 Å². The van der Waals surface area contributed by atoms with Crippen LogP contribution in [0, 0.1) is 5.82 Å². The van der Waals surface area contributed by atoms with E-state index in [-0.39, 0.29) is 11.5 Å². The third kappa shape index (κ3) is 4.21. The van der Waals surface area contributed by atoms with Crippen LogP contribution < -0.4 is 4.74 Å². The number of halogens is 1. The van der Waals surface area contributed by atoms with Gasteiger partial charge in [-0.05, 0) is 71.5 Å². The van der Waals surface area contributed by atoms with E-state index in [1.807, 2.05) is 47.4 Å². The van der Waals surface area contributed by atoms with Crippen LogP contribution in [0.3, 0.4) is 0 Å². The molecular formula is C27H24FNO4. The summed E-state index contributed by atoms with van der Waals surface area (Å²) in [5.41, 5.74) is 3.72. The minimum atomic E-state index is -1.30. The van der Waals surface area contributed by atoms with Gasteiger partial charge in [0, 0.05) is 18.2 Å². The van der Waals surface area contributed by atoms with Gasteiger partial charge < -0.3 is 14.7 Å². The summed E-state index contributed by atoms with van der Waals surface area (Å²) < 4.78 is 19.7. The molecule has 0 spiro atoms. The normalized spacial score (nSPS) is 15.7. The molecule has 0 atom stereocenters. The Kier molecular flexibility index (Phi) is 5.58. The smallest absolute Gasteiger partial charge is 0.338 e. The molecule has 1 amide bonds. The zero-order valence-electron chi connectivity index (χ0n) is 18.1. The molecular weight excluding hydrogens is 421 g/mol. The number of hydrogen-bond donors (Lipinski definition) is 1. The molecule has 5 rings (SSSR count). The first-order valence-electron chi connectivity index (χ1n) is 11.2. The number of rotatable bonds is 6. The first kappa shape index (κ1) is 21.2. The van der Waals surface area contributed by atoms with E-state index in [2.05, 4.69) is 0 Å². The Morgan fingerprint density at radius 2 is 1.82 bits per heavy atom. The van der Waals surface area contributed by atoms with Gasteiger partial charge in [0.25, 0.3) is 5.91 Å². The van der Waals surface area contributed by atoms with Gasteiger partial charge in [-0.15, -0.1) is 0 Å². The molecule has 0 bridgehead atoms. The summed E-state index contributed by atoms with van der Waals surface area (Å²) in [6.07, 6.45) is 4.55. The van der Waals surface area contributed by atoms with Crippen molar-refractivity contribution in [2.24, 2.45) is 0 Å². The summed E-state index contributed by atoms with van der Waals surface area (Å²) in [5, 5.41) is 9.18. The molecule has 0 radical (unpaired) electrons. The second kappa shape index (κ2) is 8.70. The molecule has 1 N–H and O–H groups in total. The van der Waals surface area contributed by atoms with Gasteiger partial charge >= 0.3 is 5.97 Å². The number of fused-ring (bicyclic) bond motifs is 1. The number of aromatic carboxylic acids is 1. The minimum absolute atomic E-state index is 0.121. The Labute approximate surface area is 191 Å². The molecule has 1 heterocycles. The maximum Gasteiger partial charge on any atom is 0.338 e. The predicted molar refractivity (Wildman–Crippen MR) is 122 cm³/mol. The van der Waals surface area contributed by atoms with Crippen LogP contribution in [0.25, 0.3) is 11.1 Å². The molecule has 5 nitrogen and oxygen atoms in total. The average Bonchev–Trinajstić information content (AvgIpc) is 3.46. The van der Waals surface area contributed by atoms with Crippen LogP contribution >= 0.6 is 0 Å². The molecule has 0 unspecified atom stereocenters. The van der Waals surface area contributed by atoms with Crippen molar-refractivity contribution >= 4 is 11.9 Å². The summed E-state index contributed by atoms with van der Waals surface area (Å²) in [5.74, 6) is -1.23. The van der Waals surface area contributed by atoms with Gasteiger partial charge in [0.15, 0.2) is 0 Å². The highest BCUT2D eigenvalue weighted by Crippen LogP contribution is 2.33. The number of ether oxygens (including phenoxy) is 1. The predicted octanol–water partition coefficient (Wildman–Crippen LogP) is 5.67. The van der Waals surface area contributed by atoms with Crippen molar-refractivity contribution in [1.29, 1.82) is 0 Å². The fourth-order valence-corrected chi connectivity index (χ4v) is 4.80. The molecule has 6 heteroatoms. The van der Waals surface area contributed by atoms with Crippen LogP contribution in [0.1, 0.15) is 57.5 Å². The summed E-state index contributed by atoms with van der Waals surface area (Å²) >= 11 is 0. The maximum atomic E-state index is 13.7. The van der Waals surface area contributed by atoms with Gasteiger partial charge in [0.1, 0.15) is 18.2 Å². The summed E-state index contributed by atoms with van der Waals surface area (Å²) in [4.78, 5) is 26.0. The van der Waals surface area contributed by atoms with Gasteiger partial charge in [-0.25, -0.2) is 9.18 Å². The van der Waals surface area contributed by atoms with Gasteiger partial charge in [-0.2, -0.15) is 0 Å². The molecule has 1 aliphatic heterocycles. The molecule has 1 fully saturated rings. The fraction of sp³-hybridized carbons (Fsp3) is 0.259. The topological polar surface area (TPSA) is 66.8 Å². The fourth-order valence-electron chi connectivity index (χ4n) is 4.80. The van der Waals surface area contributed by atoms with Gasteiger partial charge in [-0.3, -0.25) is 4.79 Å². The van der Waals surface area contributed by atoms with E-state index in [0.29, 0.717) is 30.5 Å². The quantitative estimate of drug-likeness (QED) is 0.531. The van der Waals surface area contributed by atoms with Crippen molar-refractivity contribution in [2.45, 2.75) is 44.9 Å². The Balaban J connectivity index is 1.30. The van der Waals surface area contributed by atoms with Crippen LogP contribution in [-0.4, -0.2) is 27.9 Å². The van der Waals surface area contributed by atoms with Crippen molar-refractivity contribution in [2.75, 3.05) is 0 Å². The second-order valence-corrected chi connectivity index (χ2v) is 8.68. The van der Waals surface area contributed by atoms with E-state index in [4.69, 9.17) is 4.74 Å². The van der Waals surface area contributed by atoms with Crippen LogP contribution in [0.4, 0.5) is 4.39 Å². The summed E-state index contributed by atoms with van der Waals surface area (Å²) in [7, 11) is 0. The van der Waals surface area contributed by atoms with Crippen LogP contribution in [0.2, 0.25) is 0 Å². The largest absolute Gasteiger partial charge is 0.489 e. The lowest BCUT2D eigenvalue weighted by Crippen LogP contribution is -2.33. The lowest BCUT2D eigenvalue weighted by atomic mass is 10.0. The Hall–Kier alpha value is -3.67. The molecule has 0 saturated heterocycles. The summed E-state index contributed by atoms with van der Waals surface area (Å²) in [6.45, 7) is 0.960. The first-order valence-corrected chi connectivity index (χ1v) is 11.2. The van der Waals surface area contributed by atoms with Gasteiger partial charge in [0.05, 0.1) is 5.56 Å². The van der Waals surface area contributed by atoms with Crippen molar-refractivity contribution in [3.63, 3.8) is 0 Å². The van der Waals surface area contributed by atoms with Gasteiger partial charge in [-0.1, -0.05) is 37.1 Å². The SMILES string of the molecule is O=C(O)c1cc(-c2cccc(COc3ccc4c(c3)CN(C3CCCC3)C4=O)c2)ccc1F. The third-order valence-corrected chi connectivity index (χ3v) is 6.54. The van der Waals surface area contributed by atoms with E-state index in [1.54, 1.807) is 6.07 Å². The van der Waals surface area contributed by atoms with Gasteiger partial charge in [0.2, 0.25) is 0 Å². The summed E-state index contributed by atoms with van der Waals surface area (Å²) in [6, 6.07) is 17.6. The minimum Gasteiger partial charge on any atom is -0.489 e. The number of amides is 1. The number of carbonyl (C=O) groups is 2. The Morgan fingerprint density at radius 3 is 2.61 bits per heavy atom. The molecule has 1 saturated carbocycles. The molecule has 0 aromatic heterocycles.